The minimum atomic E-state index is -3.47. The van der Waals surface area contributed by atoms with E-state index in [1.807, 2.05) is 21.0 Å². The van der Waals surface area contributed by atoms with Gasteiger partial charge in [0.15, 0.2) is 0 Å². The number of nitrogens with zero attached hydrogens (tertiary/aromatic N) is 2. The molecule has 2 rings (SSSR count). The number of rotatable bonds is 5. The van der Waals surface area contributed by atoms with Crippen LogP contribution in [0, 0.1) is 0 Å². The van der Waals surface area contributed by atoms with E-state index in [2.05, 4.69) is 4.90 Å². The highest BCUT2D eigenvalue weighted by atomic mass is 32.2. The fraction of sp³-hybridized carbons (Fsp3) is 0.600. The number of benzene rings is 1. The molecule has 1 aromatic carbocycles. The molecule has 6 heteroatoms. The van der Waals surface area contributed by atoms with E-state index in [9.17, 15) is 13.5 Å². The van der Waals surface area contributed by atoms with E-state index >= 15 is 0 Å². The van der Waals surface area contributed by atoms with Crippen LogP contribution >= 0.6 is 0 Å². The zero-order chi connectivity index (χ0) is 15.6. The van der Waals surface area contributed by atoms with E-state index in [0.29, 0.717) is 25.1 Å². The molecule has 0 radical (unpaired) electrons. The number of sulfonamides is 1. The number of aliphatic hydroxyl groups excluding tert-OH is 1. The molecule has 1 heterocycles. The van der Waals surface area contributed by atoms with Gasteiger partial charge in [-0.15, -0.1) is 0 Å². The first-order valence-corrected chi connectivity index (χ1v) is 8.75. The maximum absolute atomic E-state index is 12.7. The average Bonchev–Trinajstić information content (AvgIpc) is 2.97. The monoisotopic (exact) mass is 312 g/mol. The van der Waals surface area contributed by atoms with Crippen LogP contribution in [0.15, 0.2) is 29.2 Å². The van der Waals surface area contributed by atoms with Crippen molar-refractivity contribution >= 4 is 10.0 Å². The van der Waals surface area contributed by atoms with Crippen molar-refractivity contribution in [3.05, 3.63) is 29.8 Å². The van der Waals surface area contributed by atoms with Gasteiger partial charge in [0, 0.05) is 19.1 Å². The summed E-state index contributed by atoms with van der Waals surface area (Å²) in [4.78, 5) is 2.33. The molecule has 118 valence electrons. The number of hydrogen-bond donors (Lipinski definition) is 1. The lowest BCUT2D eigenvalue weighted by molar-refractivity contribution is 0.173. The molecule has 1 aliphatic heterocycles. The van der Waals surface area contributed by atoms with Crippen LogP contribution in [0.25, 0.3) is 0 Å². The van der Waals surface area contributed by atoms with Crippen molar-refractivity contribution in [2.75, 3.05) is 27.2 Å². The quantitative estimate of drug-likeness (QED) is 0.894. The number of hydrogen-bond acceptors (Lipinski definition) is 4. The van der Waals surface area contributed by atoms with Crippen LogP contribution < -0.4 is 0 Å². The van der Waals surface area contributed by atoms with Crippen LogP contribution in [-0.2, 0) is 10.0 Å². The normalized spacial score (nSPS) is 21.9. The lowest BCUT2D eigenvalue weighted by Crippen LogP contribution is -2.34. The van der Waals surface area contributed by atoms with Crippen molar-refractivity contribution in [2.24, 2.45) is 0 Å². The van der Waals surface area contributed by atoms with Crippen LogP contribution in [0.4, 0.5) is 0 Å². The van der Waals surface area contributed by atoms with Gasteiger partial charge < -0.3 is 10.0 Å². The standard InChI is InChI=1S/C15H24N2O3S/c1-4-15(18)12-6-5-7-14(10-12)21(19,20)17-9-8-13(11-17)16(2)3/h5-7,10,13,15,18H,4,8-9,11H2,1-3H3. The Morgan fingerprint density at radius 2 is 2.14 bits per heavy atom. The van der Waals surface area contributed by atoms with Gasteiger partial charge in [-0.1, -0.05) is 19.1 Å². The summed E-state index contributed by atoms with van der Waals surface area (Å²) in [6, 6.07) is 6.92. The highest BCUT2D eigenvalue weighted by Crippen LogP contribution is 2.25. The lowest BCUT2D eigenvalue weighted by Gasteiger charge is -2.20. The third-order valence-electron chi connectivity index (χ3n) is 4.12. The molecule has 1 N–H and O–H groups in total. The van der Waals surface area contributed by atoms with Crippen molar-refractivity contribution < 1.29 is 13.5 Å². The van der Waals surface area contributed by atoms with Gasteiger partial charge in [0.1, 0.15) is 0 Å². The number of likely N-dealkylation sites (N-methyl/N-ethyl adjacent to an activating group) is 1. The molecule has 1 saturated heterocycles. The first-order chi connectivity index (χ1) is 9.86. The van der Waals surface area contributed by atoms with Crippen LogP contribution in [0.3, 0.4) is 0 Å². The first-order valence-electron chi connectivity index (χ1n) is 7.31. The Labute approximate surface area is 127 Å². The third-order valence-corrected chi connectivity index (χ3v) is 5.98. The highest BCUT2D eigenvalue weighted by Gasteiger charge is 2.33. The summed E-state index contributed by atoms with van der Waals surface area (Å²) in [5, 5.41) is 9.88. The Morgan fingerprint density at radius 3 is 2.71 bits per heavy atom. The van der Waals surface area contributed by atoms with Gasteiger partial charge in [-0.2, -0.15) is 4.31 Å². The molecular weight excluding hydrogens is 288 g/mol. The summed E-state index contributed by atoms with van der Waals surface area (Å²) in [5.74, 6) is 0. The third kappa shape index (κ3) is 3.45. The molecule has 0 amide bonds. The Kier molecular flexibility index (Phi) is 5.03. The van der Waals surface area contributed by atoms with Gasteiger partial charge in [0.05, 0.1) is 11.0 Å². The van der Waals surface area contributed by atoms with E-state index in [1.54, 1.807) is 24.3 Å². The molecule has 0 aliphatic carbocycles. The van der Waals surface area contributed by atoms with Crippen molar-refractivity contribution in [2.45, 2.75) is 36.8 Å². The van der Waals surface area contributed by atoms with Gasteiger partial charge in [0.25, 0.3) is 0 Å². The summed E-state index contributed by atoms with van der Waals surface area (Å²) in [7, 11) is 0.469. The molecule has 0 spiro atoms. The summed E-state index contributed by atoms with van der Waals surface area (Å²) < 4.78 is 26.9. The topological polar surface area (TPSA) is 60.9 Å². The van der Waals surface area contributed by atoms with Gasteiger partial charge in [-0.25, -0.2) is 8.42 Å². The predicted octanol–water partition coefficient (Wildman–Crippen LogP) is 1.45. The molecule has 0 bridgehead atoms. The molecule has 2 unspecified atom stereocenters. The minimum absolute atomic E-state index is 0.268. The molecule has 0 saturated carbocycles. The van der Waals surface area contributed by atoms with Crippen LogP contribution in [0.5, 0.6) is 0 Å². The summed E-state index contributed by atoms with van der Waals surface area (Å²) in [6.45, 7) is 2.94. The van der Waals surface area contributed by atoms with Crippen molar-refractivity contribution in [1.82, 2.24) is 9.21 Å². The second-order valence-electron chi connectivity index (χ2n) is 5.77. The zero-order valence-electron chi connectivity index (χ0n) is 12.9. The molecule has 2 atom stereocenters. The molecule has 1 aromatic rings. The van der Waals surface area contributed by atoms with Gasteiger partial charge >= 0.3 is 0 Å². The summed E-state index contributed by atoms with van der Waals surface area (Å²) >= 11 is 0. The SMILES string of the molecule is CCC(O)c1cccc(S(=O)(=O)N2CCC(N(C)C)C2)c1. The van der Waals surface area contributed by atoms with E-state index in [0.717, 1.165) is 6.42 Å². The second-order valence-corrected chi connectivity index (χ2v) is 7.70. The van der Waals surface area contributed by atoms with Crippen LogP contribution in [0.1, 0.15) is 31.4 Å². The zero-order valence-corrected chi connectivity index (χ0v) is 13.7. The molecule has 1 fully saturated rings. The largest absolute Gasteiger partial charge is 0.388 e. The van der Waals surface area contributed by atoms with E-state index in [1.165, 1.54) is 4.31 Å². The fourth-order valence-corrected chi connectivity index (χ4v) is 4.17. The second kappa shape index (κ2) is 6.44. The minimum Gasteiger partial charge on any atom is -0.388 e. The maximum Gasteiger partial charge on any atom is 0.243 e. The summed E-state index contributed by atoms with van der Waals surface area (Å²) in [6.07, 6.45) is 0.799. The van der Waals surface area contributed by atoms with Crippen molar-refractivity contribution in [3.63, 3.8) is 0 Å². The Morgan fingerprint density at radius 1 is 1.43 bits per heavy atom. The lowest BCUT2D eigenvalue weighted by atomic mass is 10.1. The van der Waals surface area contributed by atoms with Gasteiger partial charge in [-0.3, -0.25) is 0 Å². The van der Waals surface area contributed by atoms with E-state index < -0.39 is 16.1 Å². The van der Waals surface area contributed by atoms with Gasteiger partial charge in [0.2, 0.25) is 10.0 Å². The Balaban J connectivity index is 2.24. The van der Waals surface area contributed by atoms with Crippen LogP contribution in [-0.4, -0.2) is 56.0 Å². The Hall–Kier alpha value is -0.950. The molecule has 5 nitrogen and oxygen atoms in total. The van der Waals surface area contributed by atoms with E-state index in [-0.39, 0.29) is 10.9 Å². The van der Waals surface area contributed by atoms with E-state index in [4.69, 9.17) is 0 Å². The predicted molar refractivity (Wildman–Crippen MR) is 82.5 cm³/mol. The van der Waals surface area contributed by atoms with Crippen LogP contribution in [0.2, 0.25) is 0 Å². The molecule has 1 aliphatic rings. The first kappa shape index (κ1) is 16.4. The fourth-order valence-electron chi connectivity index (χ4n) is 2.62. The highest BCUT2D eigenvalue weighted by molar-refractivity contribution is 7.89. The Bertz CT molecular complexity index is 586. The average molecular weight is 312 g/mol. The molecule has 0 aromatic heterocycles. The molecule has 21 heavy (non-hydrogen) atoms. The smallest absolute Gasteiger partial charge is 0.243 e. The summed E-state index contributed by atoms with van der Waals surface area (Å²) in [5.41, 5.74) is 0.655. The number of aliphatic hydroxyl groups is 1. The van der Waals surface area contributed by atoms with Crippen molar-refractivity contribution in [3.8, 4) is 0 Å². The van der Waals surface area contributed by atoms with Crippen molar-refractivity contribution in [1.29, 1.82) is 0 Å². The van der Waals surface area contributed by atoms with Gasteiger partial charge in [-0.05, 0) is 44.6 Å². The maximum atomic E-state index is 12.7. The molecular formula is C15H24N2O3S.